The van der Waals surface area contributed by atoms with Crippen LogP contribution in [0.1, 0.15) is 70.6 Å². The fraction of sp³-hybridized carbons (Fsp3) is 0.826. The summed E-state index contributed by atoms with van der Waals surface area (Å²) < 4.78 is 0. The van der Waals surface area contributed by atoms with Gasteiger partial charge in [-0.05, 0) is 70.9 Å². The number of rotatable bonds is 7. The average Bonchev–Trinajstić information content (AvgIpc) is 3.39. The summed E-state index contributed by atoms with van der Waals surface area (Å²) in [4.78, 5) is 42.7. The molecular formula is C23H34N4O3. The molecule has 1 N–H and O–H groups in total. The maximum absolute atomic E-state index is 13.5. The van der Waals surface area contributed by atoms with E-state index in [9.17, 15) is 19.6 Å². The number of nitriles is 1. The Morgan fingerprint density at radius 2 is 1.97 bits per heavy atom. The molecule has 4 aliphatic rings. The van der Waals surface area contributed by atoms with Crippen LogP contribution in [0.5, 0.6) is 0 Å². The monoisotopic (exact) mass is 414 g/mol. The summed E-state index contributed by atoms with van der Waals surface area (Å²) in [6, 6.07) is 0.998. The first-order chi connectivity index (χ1) is 14.4. The molecule has 4 rings (SSSR count). The van der Waals surface area contributed by atoms with Gasteiger partial charge in [-0.2, -0.15) is 5.26 Å². The number of Topliss-reactive ketones (excluding diaryl/α,β-unsaturated/α-hetero) is 1. The average molecular weight is 415 g/mol. The van der Waals surface area contributed by atoms with E-state index in [0.29, 0.717) is 31.7 Å². The van der Waals surface area contributed by atoms with Crippen molar-refractivity contribution in [3.63, 3.8) is 0 Å². The van der Waals surface area contributed by atoms with Crippen molar-refractivity contribution in [2.24, 2.45) is 11.8 Å². The zero-order valence-electron chi connectivity index (χ0n) is 18.1. The van der Waals surface area contributed by atoms with Gasteiger partial charge in [0.1, 0.15) is 23.4 Å². The lowest BCUT2D eigenvalue weighted by Gasteiger charge is -2.41. The van der Waals surface area contributed by atoms with Gasteiger partial charge in [-0.3, -0.25) is 19.3 Å². The summed E-state index contributed by atoms with van der Waals surface area (Å²) in [7, 11) is 2.03. The van der Waals surface area contributed by atoms with Crippen LogP contribution in [0, 0.1) is 23.2 Å². The number of carbonyl (C=O) groups is 3. The molecule has 2 heterocycles. The second-order valence-electron chi connectivity index (χ2n) is 9.84. The van der Waals surface area contributed by atoms with Gasteiger partial charge in [0.25, 0.3) is 0 Å². The molecule has 0 aromatic carbocycles. The number of carbonyl (C=O) groups excluding carboxylic acids is 3. The van der Waals surface area contributed by atoms with Gasteiger partial charge in [-0.1, -0.05) is 12.8 Å². The van der Waals surface area contributed by atoms with Crippen molar-refractivity contribution in [2.45, 2.75) is 88.3 Å². The van der Waals surface area contributed by atoms with Crippen LogP contribution in [-0.4, -0.2) is 65.2 Å². The highest BCUT2D eigenvalue weighted by Crippen LogP contribution is 2.40. The molecule has 2 aliphatic heterocycles. The van der Waals surface area contributed by atoms with E-state index in [4.69, 9.17) is 0 Å². The van der Waals surface area contributed by atoms with Gasteiger partial charge in [-0.15, -0.1) is 0 Å². The summed E-state index contributed by atoms with van der Waals surface area (Å²) in [6.45, 7) is 1.53. The highest BCUT2D eigenvalue weighted by molar-refractivity contribution is 5.94. The van der Waals surface area contributed by atoms with Gasteiger partial charge in [0.2, 0.25) is 11.8 Å². The number of amides is 2. The van der Waals surface area contributed by atoms with E-state index in [-0.39, 0.29) is 23.5 Å². The molecule has 0 bridgehead atoms. The first-order valence-electron chi connectivity index (χ1n) is 11.7. The lowest BCUT2D eigenvalue weighted by Crippen LogP contribution is -2.58. The van der Waals surface area contributed by atoms with Crippen molar-refractivity contribution in [3.8, 4) is 6.07 Å². The third kappa shape index (κ3) is 4.12. The van der Waals surface area contributed by atoms with Gasteiger partial charge in [0, 0.05) is 18.9 Å². The van der Waals surface area contributed by atoms with Gasteiger partial charge >= 0.3 is 0 Å². The fourth-order valence-electron chi connectivity index (χ4n) is 5.71. The molecule has 4 fully saturated rings. The second kappa shape index (κ2) is 8.66. The first-order valence-corrected chi connectivity index (χ1v) is 11.7. The lowest BCUT2D eigenvalue weighted by molar-refractivity contribution is -0.145. The molecule has 4 atom stereocenters. The Morgan fingerprint density at radius 1 is 1.17 bits per heavy atom. The normalized spacial score (nSPS) is 31.7. The number of hydrogen-bond donors (Lipinski definition) is 1. The van der Waals surface area contributed by atoms with Crippen molar-refractivity contribution in [2.75, 3.05) is 20.1 Å². The summed E-state index contributed by atoms with van der Waals surface area (Å²) in [6.07, 6.45) is 9.33. The fourth-order valence-corrected chi connectivity index (χ4v) is 5.71. The Morgan fingerprint density at radius 3 is 2.60 bits per heavy atom. The van der Waals surface area contributed by atoms with Crippen molar-refractivity contribution >= 4 is 17.6 Å². The zero-order chi connectivity index (χ0) is 21.3. The highest BCUT2D eigenvalue weighted by atomic mass is 16.2. The Balaban J connectivity index is 1.45. The van der Waals surface area contributed by atoms with Crippen LogP contribution in [0.15, 0.2) is 0 Å². The lowest BCUT2D eigenvalue weighted by atomic mass is 9.85. The summed E-state index contributed by atoms with van der Waals surface area (Å²) in [5, 5.41) is 12.5. The second-order valence-corrected chi connectivity index (χ2v) is 9.84. The van der Waals surface area contributed by atoms with E-state index < -0.39 is 17.6 Å². The standard InChI is InChI=1S/C23H34N4O3/c1-26-11-3-2-9-23(26)10-12-27(22(23)30)19(13-16-7-8-16)21(29)25-18(15-24)14-17-5-4-6-20(17)28/h16-19H,2-14H2,1H3,(H,25,29)/t17-,18-,19+,23-/m0/s1. The van der Waals surface area contributed by atoms with E-state index in [1.54, 1.807) is 4.90 Å². The van der Waals surface area contributed by atoms with Gasteiger partial charge in [-0.25, -0.2) is 0 Å². The van der Waals surface area contributed by atoms with Crippen LogP contribution in [0.3, 0.4) is 0 Å². The highest BCUT2D eigenvalue weighted by Gasteiger charge is 2.53. The van der Waals surface area contributed by atoms with Gasteiger partial charge in [0.15, 0.2) is 0 Å². The van der Waals surface area contributed by atoms with Crippen LogP contribution in [0.25, 0.3) is 0 Å². The Kier molecular flexibility index (Phi) is 6.15. The van der Waals surface area contributed by atoms with Gasteiger partial charge < -0.3 is 10.2 Å². The molecule has 30 heavy (non-hydrogen) atoms. The van der Waals surface area contributed by atoms with Crippen molar-refractivity contribution in [1.29, 1.82) is 5.26 Å². The number of nitrogens with zero attached hydrogens (tertiary/aromatic N) is 3. The van der Waals surface area contributed by atoms with E-state index in [2.05, 4.69) is 16.3 Å². The van der Waals surface area contributed by atoms with Gasteiger partial charge in [0.05, 0.1) is 6.07 Å². The predicted molar refractivity (Wildman–Crippen MR) is 111 cm³/mol. The molecule has 0 aromatic heterocycles. The van der Waals surface area contributed by atoms with Crippen LogP contribution in [0.2, 0.25) is 0 Å². The molecule has 0 unspecified atom stereocenters. The largest absolute Gasteiger partial charge is 0.339 e. The number of piperidine rings is 1. The topological polar surface area (TPSA) is 93.5 Å². The molecule has 7 heteroatoms. The number of ketones is 1. The van der Waals surface area contributed by atoms with Crippen molar-refractivity contribution in [3.05, 3.63) is 0 Å². The third-order valence-corrected chi connectivity index (χ3v) is 7.85. The minimum absolute atomic E-state index is 0.0879. The maximum atomic E-state index is 13.5. The maximum Gasteiger partial charge on any atom is 0.243 e. The summed E-state index contributed by atoms with van der Waals surface area (Å²) in [5.74, 6) is 0.444. The molecule has 2 saturated heterocycles. The molecule has 1 spiro atoms. The number of likely N-dealkylation sites (tertiary alicyclic amines) is 2. The van der Waals surface area contributed by atoms with E-state index >= 15 is 0 Å². The smallest absolute Gasteiger partial charge is 0.243 e. The third-order valence-electron chi connectivity index (χ3n) is 7.85. The number of hydrogen-bond acceptors (Lipinski definition) is 5. The van der Waals surface area contributed by atoms with Crippen molar-refractivity contribution < 1.29 is 14.4 Å². The number of likely N-dealkylation sites (N-methyl/N-ethyl adjacent to an activating group) is 1. The zero-order valence-corrected chi connectivity index (χ0v) is 18.1. The Hall–Kier alpha value is -1.94. The molecule has 0 radical (unpaired) electrons. The predicted octanol–water partition coefficient (Wildman–Crippen LogP) is 2.01. The molecular weight excluding hydrogens is 380 g/mol. The summed E-state index contributed by atoms with van der Waals surface area (Å²) >= 11 is 0. The molecule has 0 aromatic rings. The Bertz CT molecular complexity index is 743. The van der Waals surface area contributed by atoms with E-state index in [1.807, 2.05) is 7.05 Å². The Labute approximate surface area is 179 Å². The minimum atomic E-state index is -0.671. The van der Waals surface area contributed by atoms with Crippen LogP contribution in [0.4, 0.5) is 0 Å². The molecule has 2 aliphatic carbocycles. The molecule has 7 nitrogen and oxygen atoms in total. The number of nitrogens with one attached hydrogen (secondary N) is 1. The first kappa shape index (κ1) is 21.3. The van der Waals surface area contributed by atoms with Crippen LogP contribution >= 0.6 is 0 Å². The van der Waals surface area contributed by atoms with E-state index in [0.717, 1.165) is 57.9 Å². The molecule has 2 amide bonds. The summed E-state index contributed by atoms with van der Waals surface area (Å²) in [5.41, 5.74) is -0.453. The minimum Gasteiger partial charge on any atom is -0.339 e. The SMILES string of the molecule is CN1CCCC[C@@]12CCN([C@H](CC1CC1)C(=O)N[C@H](C#N)C[C@@H]1CCCC1=O)C2=O. The van der Waals surface area contributed by atoms with Crippen LogP contribution in [-0.2, 0) is 14.4 Å². The molecule has 164 valence electrons. The molecule has 2 saturated carbocycles. The van der Waals surface area contributed by atoms with Crippen molar-refractivity contribution in [1.82, 2.24) is 15.1 Å². The quantitative estimate of drug-likeness (QED) is 0.688. The van der Waals surface area contributed by atoms with E-state index in [1.165, 1.54) is 0 Å². The van der Waals surface area contributed by atoms with Crippen LogP contribution < -0.4 is 5.32 Å².